The van der Waals surface area contributed by atoms with Crippen LogP contribution in [-0.2, 0) is 26.0 Å². The number of nitrogens with zero attached hydrogens (tertiary/aromatic N) is 1. The lowest BCUT2D eigenvalue weighted by Crippen LogP contribution is -2.39. The summed E-state index contributed by atoms with van der Waals surface area (Å²) in [6.45, 7) is 6.68. The van der Waals surface area contributed by atoms with Gasteiger partial charge in [0.2, 0.25) is 0 Å². The fourth-order valence-electron chi connectivity index (χ4n) is 3.22. The minimum Gasteiger partial charge on any atom is -0.459 e. The second kappa shape index (κ2) is 8.73. The molecular formula is C22H24Cl2N2O4S. The number of aromatic nitrogens is 1. The predicted molar refractivity (Wildman–Crippen MR) is 125 cm³/mol. The molecule has 0 amide bonds. The zero-order chi connectivity index (χ0) is 23.0. The third kappa shape index (κ3) is 5.34. The van der Waals surface area contributed by atoms with Crippen LogP contribution in [-0.4, -0.2) is 31.5 Å². The lowest BCUT2D eigenvalue weighted by atomic mass is 10.1. The van der Waals surface area contributed by atoms with Crippen molar-refractivity contribution in [2.45, 2.75) is 44.6 Å². The number of anilines is 1. The first-order valence-electron chi connectivity index (χ1n) is 9.71. The second-order valence-corrected chi connectivity index (χ2v) is 10.8. The molecule has 3 rings (SSSR count). The van der Waals surface area contributed by atoms with Gasteiger partial charge in [-0.05, 0) is 69.2 Å². The van der Waals surface area contributed by atoms with Crippen LogP contribution in [0.25, 0.3) is 10.9 Å². The van der Waals surface area contributed by atoms with Crippen LogP contribution in [0.2, 0.25) is 10.0 Å². The number of hydrogen-bond acceptors (Lipinski definition) is 4. The fraction of sp³-hybridized carbons (Fsp3) is 0.318. The average Bonchev–Trinajstić information content (AvgIpc) is 3.06. The monoisotopic (exact) mass is 482 g/mol. The van der Waals surface area contributed by atoms with Crippen molar-refractivity contribution in [1.82, 2.24) is 4.98 Å². The molecule has 0 saturated heterocycles. The number of halogens is 2. The van der Waals surface area contributed by atoms with Gasteiger partial charge in [-0.3, -0.25) is 9.10 Å². The summed E-state index contributed by atoms with van der Waals surface area (Å²) < 4.78 is 33.5. The SMILES string of the molecule is CCc1c[nH]c2ccc(N(CC(=O)OC(C)(C)C)S(=O)(=O)c3cc(Cl)cc(Cl)c3)cc12. The molecular weight excluding hydrogens is 459 g/mol. The summed E-state index contributed by atoms with van der Waals surface area (Å²) >= 11 is 12.1. The smallest absolute Gasteiger partial charge is 0.327 e. The molecule has 0 saturated carbocycles. The molecule has 6 nitrogen and oxygen atoms in total. The molecule has 2 aromatic carbocycles. The number of ether oxygens (including phenoxy) is 1. The number of carbonyl (C=O) groups is 1. The Kier molecular flexibility index (Phi) is 6.60. The van der Waals surface area contributed by atoms with Crippen LogP contribution in [0, 0.1) is 0 Å². The van der Waals surface area contributed by atoms with E-state index in [0.29, 0.717) is 5.69 Å². The number of carbonyl (C=O) groups excluding carboxylic acids is 1. The standard InChI is InChI=1S/C22H24Cl2N2O4S/c1-5-14-12-25-20-7-6-17(11-19(14)20)26(13-21(27)30-22(2,3)4)31(28,29)18-9-15(23)8-16(24)10-18/h6-12,25H,5,13H2,1-4H3. The van der Waals surface area contributed by atoms with Gasteiger partial charge in [-0.1, -0.05) is 30.1 Å². The van der Waals surface area contributed by atoms with Gasteiger partial charge < -0.3 is 9.72 Å². The molecule has 0 fully saturated rings. The molecule has 9 heteroatoms. The molecule has 0 unspecified atom stereocenters. The Balaban J connectivity index is 2.13. The van der Waals surface area contributed by atoms with Crippen LogP contribution in [0.1, 0.15) is 33.3 Å². The summed E-state index contributed by atoms with van der Waals surface area (Å²) in [4.78, 5) is 15.7. The largest absolute Gasteiger partial charge is 0.459 e. The number of benzene rings is 2. The summed E-state index contributed by atoms with van der Waals surface area (Å²) in [5.41, 5.74) is 1.49. The molecule has 0 spiro atoms. The molecule has 0 aliphatic rings. The summed E-state index contributed by atoms with van der Waals surface area (Å²) in [5, 5.41) is 1.24. The zero-order valence-corrected chi connectivity index (χ0v) is 20.0. The van der Waals surface area contributed by atoms with E-state index in [1.807, 2.05) is 13.1 Å². The van der Waals surface area contributed by atoms with Crippen LogP contribution < -0.4 is 4.31 Å². The van der Waals surface area contributed by atoms with E-state index < -0.39 is 28.1 Å². The second-order valence-electron chi connectivity index (χ2n) is 8.10. The highest BCUT2D eigenvalue weighted by molar-refractivity contribution is 7.92. The average molecular weight is 483 g/mol. The number of aromatic amines is 1. The van der Waals surface area contributed by atoms with Gasteiger partial charge in [0.25, 0.3) is 10.0 Å². The minimum atomic E-state index is -4.17. The van der Waals surface area contributed by atoms with Gasteiger partial charge in [-0.25, -0.2) is 8.42 Å². The van der Waals surface area contributed by atoms with Crippen molar-refractivity contribution in [3.63, 3.8) is 0 Å². The highest BCUT2D eigenvalue weighted by Gasteiger charge is 2.30. The third-order valence-corrected chi connectivity index (χ3v) is 6.72. The Hall–Kier alpha value is -2.22. The molecule has 1 N–H and O–H groups in total. The van der Waals surface area contributed by atoms with E-state index in [9.17, 15) is 13.2 Å². The van der Waals surface area contributed by atoms with Gasteiger partial charge in [-0.15, -0.1) is 0 Å². The van der Waals surface area contributed by atoms with Crippen molar-refractivity contribution < 1.29 is 17.9 Å². The summed E-state index contributed by atoms with van der Waals surface area (Å²) in [6.07, 6.45) is 2.66. The Morgan fingerprint density at radius 2 is 1.74 bits per heavy atom. The maximum atomic E-state index is 13.6. The highest BCUT2D eigenvalue weighted by Crippen LogP contribution is 2.31. The first kappa shape index (κ1) is 23.4. The molecule has 0 aliphatic carbocycles. The minimum absolute atomic E-state index is 0.113. The van der Waals surface area contributed by atoms with Gasteiger partial charge in [0, 0.05) is 27.1 Å². The highest BCUT2D eigenvalue weighted by atomic mass is 35.5. The van der Waals surface area contributed by atoms with E-state index in [-0.39, 0.29) is 14.9 Å². The predicted octanol–water partition coefficient (Wildman–Crippen LogP) is 5.57. The Morgan fingerprint density at radius 3 is 2.32 bits per heavy atom. The van der Waals surface area contributed by atoms with Crippen LogP contribution in [0.4, 0.5) is 5.69 Å². The van der Waals surface area contributed by atoms with E-state index >= 15 is 0 Å². The van der Waals surface area contributed by atoms with E-state index in [1.165, 1.54) is 18.2 Å². The van der Waals surface area contributed by atoms with Crippen LogP contribution in [0.15, 0.2) is 47.5 Å². The summed E-state index contributed by atoms with van der Waals surface area (Å²) in [6, 6.07) is 9.23. The van der Waals surface area contributed by atoms with Crippen molar-refractivity contribution in [2.75, 3.05) is 10.8 Å². The molecule has 0 atom stereocenters. The molecule has 0 radical (unpaired) electrons. The Bertz CT molecular complexity index is 1210. The maximum Gasteiger partial charge on any atom is 0.327 e. The third-order valence-electron chi connectivity index (χ3n) is 4.54. The van der Waals surface area contributed by atoms with Gasteiger partial charge in [0.1, 0.15) is 12.1 Å². The number of esters is 1. The van der Waals surface area contributed by atoms with Crippen LogP contribution >= 0.6 is 23.2 Å². The van der Waals surface area contributed by atoms with Crippen molar-refractivity contribution in [3.8, 4) is 0 Å². The van der Waals surface area contributed by atoms with Crippen molar-refractivity contribution >= 4 is 55.8 Å². The lowest BCUT2D eigenvalue weighted by Gasteiger charge is -2.26. The number of sulfonamides is 1. The Morgan fingerprint density at radius 1 is 1.10 bits per heavy atom. The van der Waals surface area contributed by atoms with Crippen LogP contribution in [0.5, 0.6) is 0 Å². The fourth-order valence-corrected chi connectivity index (χ4v) is 5.35. The summed E-state index contributed by atoms with van der Waals surface area (Å²) in [7, 11) is -4.17. The molecule has 3 aromatic rings. The molecule has 31 heavy (non-hydrogen) atoms. The van der Waals surface area contributed by atoms with Crippen molar-refractivity contribution in [3.05, 3.63) is 58.2 Å². The molecule has 166 valence electrons. The molecule has 0 bridgehead atoms. The van der Waals surface area contributed by atoms with Crippen molar-refractivity contribution in [2.24, 2.45) is 0 Å². The zero-order valence-electron chi connectivity index (χ0n) is 17.7. The van der Waals surface area contributed by atoms with E-state index in [1.54, 1.807) is 39.0 Å². The van der Waals surface area contributed by atoms with Gasteiger partial charge in [-0.2, -0.15) is 0 Å². The maximum absolute atomic E-state index is 13.6. The first-order valence-corrected chi connectivity index (χ1v) is 11.9. The number of aryl methyl sites for hydroxylation is 1. The quantitative estimate of drug-likeness (QED) is 0.465. The lowest BCUT2D eigenvalue weighted by molar-refractivity contribution is -0.152. The normalized spacial score (nSPS) is 12.2. The first-order chi connectivity index (χ1) is 14.4. The number of nitrogens with one attached hydrogen (secondary N) is 1. The summed E-state index contributed by atoms with van der Waals surface area (Å²) in [5.74, 6) is -0.672. The molecule has 1 aromatic heterocycles. The van der Waals surface area contributed by atoms with Gasteiger partial charge >= 0.3 is 5.97 Å². The number of rotatable bonds is 6. The Labute approximate surface area is 192 Å². The number of fused-ring (bicyclic) bond motifs is 1. The van der Waals surface area contributed by atoms with E-state index in [0.717, 1.165) is 27.2 Å². The van der Waals surface area contributed by atoms with Gasteiger partial charge in [0.05, 0.1) is 10.6 Å². The van der Waals surface area contributed by atoms with E-state index in [4.69, 9.17) is 27.9 Å². The molecule has 0 aliphatic heterocycles. The van der Waals surface area contributed by atoms with E-state index in [2.05, 4.69) is 4.98 Å². The topological polar surface area (TPSA) is 79.5 Å². The van der Waals surface area contributed by atoms with Crippen molar-refractivity contribution in [1.29, 1.82) is 0 Å². The van der Waals surface area contributed by atoms with Gasteiger partial charge in [0.15, 0.2) is 0 Å². The van der Waals surface area contributed by atoms with Crippen LogP contribution in [0.3, 0.4) is 0 Å². The molecule has 1 heterocycles. The number of hydrogen-bond donors (Lipinski definition) is 1. The number of H-pyrrole nitrogens is 1.